The van der Waals surface area contributed by atoms with E-state index in [9.17, 15) is 14.7 Å². The minimum absolute atomic E-state index is 0.0254. The lowest BCUT2D eigenvalue weighted by Gasteiger charge is -2.23. The van der Waals surface area contributed by atoms with Crippen molar-refractivity contribution in [2.75, 3.05) is 19.1 Å². The number of aliphatic hydroxyl groups excluding tert-OH is 1. The number of hydrogen-bond donors (Lipinski definition) is 2. The highest BCUT2D eigenvalue weighted by Gasteiger charge is 2.48. The van der Waals surface area contributed by atoms with Crippen LogP contribution in [0.15, 0.2) is 72.3 Å². The number of rotatable bonds is 7. The van der Waals surface area contributed by atoms with Crippen LogP contribution >= 0.6 is 0 Å². The maximum Gasteiger partial charge on any atom is 0.302 e. The van der Waals surface area contributed by atoms with E-state index in [2.05, 4.69) is 9.97 Å². The number of carbonyl (C=O) groups is 2. The van der Waals surface area contributed by atoms with Gasteiger partial charge in [-0.1, -0.05) is 24.3 Å². The van der Waals surface area contributed by atoms with Gasteiger partial charge in [0.2, 0.25) is 5.95 Å². The van der Waals surface area contributed by atoms with Crippen LogP contribution in [0.25, 0.3) is 16.8 Å². The SMILES string of the molecule is COc1ccc(OC)c(/C(O)=C2\C(=O)C(=O)N(c3nc4ccccc4[nH]3)C2c2ccc(OC(C)C)cc2)c1. The predicted molar refractivity (Wildman–Crippen MR) is 143 cm³/mol. The minimum Gasteiger partial charge on any atom is -0.507 e. The van der Waals surface area contributed by atoms with Gasteiger partial charge in [-0.25, -0.2) is 4.98 Å². The highest BCUT2D eigenvalue weighted by Crippen LogP contribution is 2.43. The lowest BCUT2D eigenvalue weighted by molar-refractivity contribution is -0.132. The fourth-order valence-electron chi connectivity index (χ4n) is 4.56. The molecule has 1 unspecified atom stereocenters. The van der Waals surface area contributed by atoms with Crippen molar-refractivity contribution < 1.29 is 28.9 Å². The molecule has 4 aromatic rings. The average Bonchev–Trinajstić information content (AvgIpc) is 3.46. The topological polar surface area (TPSA) is 114 Å². The summed E-state index contributed by atoms with van der Waals surface area (Å²) in [5.74, 6) is -0.454. The molecule has 1 aliphatic rings. The molecule has 1 amide bonds. The van der Waals surface area contributed by atoms with Crippen molar-refractivity contribution in [2.45, 2.75) is 26.0 Å². The van der Waals surface area contributed by atoms with E-state index in [-0.39, 0.29) is 28.9 Å². The van der Waals surface area contributed by atoms with Crippen LogP contribution in [0.2, 0.25) is 0 Å². The Balaban J connectivity index is 1.72. The van der Waals surface area contributed by atoms with Crippen LogP contribution in [-0.2, 0) is 9.59 Å². The number of hydrogen-bond acceptors (Lipinski definition) is 7. The molecular formula is C29H27N3O6. The van der Waals surface area contributed by atoms with Gasteiger partial charge in [-0.05, 0) is 61.9 Å². The van der Waals surface area contributed by atoms with Crippen LogP contribution in [0.5, 0.6) is 17.2 Å². The van der Waals surface area contributed by atoms with E-state index in [1.807, 2.05) is 32.0 Å². The number of nitrogens with one attached hydrogen (secondary N) is 1. The predicted octanol–water partition coefficient (Wildman–Crippen LogP) is 4.99. The Bertz CT molecular complexity index is 1520. The van der Waals surface area contributed by atoms with E-state index >= 15 is 0 Å². The smallest absolute Gasteiger partial charge is 0.302 e. The molecule has 9 heteroatoms. The van der Waals surface area contributed by atoms with E-state index in [1.165, 1.54) is 19.1 Å². The van der Waals surface area contributed by atoms with Crippen LogP contribution < -0.4 is 19.1 Å². The van der Waals surface area contributed by atoms with Gasteiger partial charge in [-0.15, -0.1) is 0 Å². The minimum atomic E-state index is -0.973. The third-order valence-electron chi connectivity index (χ3n) is 6.28. The first-order valence-corrected chi connectivity index (χ1v) is 12.1. The fourth-order valence-corrected chi connectivity index (χ4v) is 4.56. The van der Waals surface area contributed by atoms with E-state index < -0.39 is 17.7 Å². The first-order chi connectivity index (χ1) is 18.3. The summed E-state index contributed by atoms with van der Waals surface area (Å²) < 4.78 is 16.5. The molecule has 0 saturated carbocycles. The summed E-state index contributed by atoms with van der Waals surface area (Å²) in [6.07, 6.45) is -0.0254. The van der Waals surface area contributed by atoms with Gasteiger partial charge in [0.1, 0.15) is 23.0 Å². The summed E-state index contributed by atoms with van der Waals surface area (Å²) >= 11 is 0. The lowest BCUT2D eigenvalue weighted by Crippen LogP contribution is -2.30. The number of nitrogens with zero attached hydrogens (tertiary/aromatic N) is 2. The molecule has 0 aliphatic carbocycles. The molecule has 2 N–H and O–H groups in total. The van der Waals surface area contributed by atoms with E-state index in [4.69, 9.17) is 14.2 Å². The third-order valence-corrected chi connectivity index (χ3v) is 6.28. The second-order valence-corrected chi connectivity index (χ2v) is 9.05. The largest absolute Gasteiger partial charge is 0.507 e. The number of H-pyrrole nitrogens is 1. The van der Waals surface area contributed by atoms with Gasteiger partial charge in [-0.3, -0.25) is 14.5 Å². The molecule has 0 spiro atoms. The van der Waals surface area contributed by atoms with Crippen molar-refractivity contribution in [1.82, 2.24) is 9.97 Å². The maximum atomic E-state index is 13.5. The Morgan fingerprint density at radius 1 is 0.974 bits per heavy atom. The van der Waals surface area contributed by atoms with Crippen molar-refractivity contribution in [3.63, 3.8) is 0 Å². The van der Waals surface area contributed by atoms with E-state index in [1.54, 1.807) is 48.5 Å². The van der Waals surface area contributed by atoms with Crippen molar-refractivity contribution in [1.29, 1.82) is 0 Å². The van der Waals surface area contributed by atoms with Crippen molar-refractivity contribution >= 4 is 34.4 Å². The number of anilines is 1. The molecule has 0 radical (unpaired) electrons. The normalized spacial score (nSPS) is 16.9. The zero-order valence-electron chi connectivity index (χ0n) is 21.4. The number of aromatic nitrogens is 2. The Morgan fingerprint density at radius 3 is 2.34 bits per heavy atom. The second-order valence-electron chi connectivity index (χ2n) is 9.05. The number of Topliss-reactive ketones (excluding diaryl/α,β-unsaturated/α-hetero) is 1. The average molecular weight is 514 g/mol. The summed E-state index contributed by atoms with van der Waals surface area (Å²) in [5, 5.41) is 11.5. The number of ketones is 1. The van der Waals surface area contributed by atoms with Gasteiger partial charge in [0, 0.05) is 0 Å². The zero-order valence-corrected chi connectivity index (χ0v) is 21.4. The van der Waals surface area contributed by atoms with Gasteiger partial charge in [-0.2, -0.15) is 0 Å². The molecule has 1 aromatic heterocycles. The molecule has 1 atom stereocenters. The van der Waals surface area contributed by atoms with Gasteiger partial charge < -0.3 is 24.3 Å². The first kappa shape index (κ1) is 24.9. The number of para-hydroxylation sites is 2. The van der Waals surface area contributed by atoms with Crippen LogP contribution in [0, 0.1) is 0 Å². The Hall–Kier alpha value is -4.79. The summed E-state index contributed by atoms with van der Waals surface area (Å²) in [5.41, 5.74) is 2.06. The number of imidazole rings is 1. The van der Waals surface area contributed by atoms with Crippen LogP contribution in [0.3, 0.4) is 0 Å². The maximum absolute atomic E-state index is 13.5. The zero-order chi connectivity index (χ0) is 27.0. The summed E-state index contributed by atoms with van der Waals surface area (Å²) in [4.78, 5) is 36.0. The molecule has 194 valence electrons. The Kier molecular flexibility index (Phi) is 6.50. The molecule has 38 heavy (non-hydrogen) atoms. The lowest BCUT2D eigenvalue weighted by atomic mass is 9.95. The van der Waals surface area contributed by atoms with Gasteiger partial charge >= 0.3 is 5.91 Å². The molecule has 5 rings (SSSR count). The summed E-state index contributed by atoms with van der Waals surface area (Å²) in [6.45, 7) is 3.85. The third kappa shape index (κ3) is 4.32. The number of benzene rings is 3. The van der Waals surface area contributed by atoms with Gasteiger partial charge in [0.15, 0.2) is 0 Å². The van der Waals surface area contributed by atoms with E-state index in [0.717, 1.165) is 0 Å². The number of aromatic amines is 1. The molecule has 9 nitrogen and oxygen atoms in total. The molecule has 2 heterocycles. The standard InChI is InChI=1S/C29H27N3O6/c1-16(2)38-18-11-9-17(10-12-18)25-24(26(33)20-15-19(36-3)13-14-23(20)37-4)27(34)28(35)32(25)29-30-21-7-5-6-8-22(21)31-29/h5-16,25,33H,1-4H3,(H,30,31)/b26-24+. The number of amides is 1. The molecule has 3 aromatic carbocycles. The van der Waals surface area contributed by atoms with Gasteiger partial charge in [0.05, 0.1) is 48.5 Å². The molecule has 1 aliphatic heterocycles. The molecule has 1 saturated heterocycles. The number of aliphatic hydroxyl groups is 1. The van der Waals surface area contributed by atoms with Crippen LogP contribution in [0.1, 0.15) is 31.0 Å². The fraction of sp³-hybridized carbons (Fsp3) is 0.207. The van der Waals surface area contributed by atoms with Crippen LogP contribution in [0.4, 0.5) is 5.95 Å². The highest BCUT2D eigenvalue weighted by molar-refractivity contribution is 6.51. The molecule has 1 fully saturated rings. The van der Waals surface area contributed by atoms with Crippen molar-refractivity contribution in [2.24, 2.45) is 0 Å². The Labute approximate surface area is 219 Å². The number of carbonyl (C=O) groups excluding carboxylic acids is 2. The van der Waals surface area contributed by atoms with E-state index in [0.29, 0.717) is 33.8 Å². The van der Waals surface area contributed by atoms with Crippen molar-refractivity contribution in [3.8, 4) is 17.2 Å². The number of methoxy groups -OCH3 is 2. The second kappa shape index (κ2) is 9.93. The Morgan fingerprint density at radius 2 is 1.68 bits per heavy atom. The monoisotopic (exact) mass is 513 g/mol. The number of ether oxygens (including phenoxy) is 3. The first-order valence-electron chi connectivity index (χ1n) is 12.1. The van der Waals surface area contributed by atoms with Gasteiger partial charge in [0.25, 0.3) is 5.78 Å². The van der Waals surface area contributed by atoms with Crippen molar-refractivity contribution in [3.05, 3.63) is 83.4 Å². The number of fused-ring (bicyclic) bond motifs is 1. The molecular weight excluding hydrogens is 486 g/mol. The molecule has 0 bridgehead atoms. The summed E-state index contributed by atoms with van der Waals surface area (Å²) in [7, 11) is 2.95. The quantitative estimate of drug-likeness (QED) is 0.203. The highest BCUT2D eigenvalue weighted by atomic mass is 16.5. The van der Waals surface area contributed by atoms with Crippen LogP contribution in [-0.4, -0.2) is 47.1 Å². The summed E-state index contributed by atoms with van der Waals surface area (Å²) in [6, 6.07) is 18.2.